The van der Waals surface area contributed by atoms with Gasteiger partial charge in [-0.2, -0.15) is 8.42 Å². The second-order valence-corrected chi connectivity index (χ2v) is 7.46. The highest BCUT2D eigenvalue weighted by Gasteiger charge is 2.20. The summed E-state index contributed by atoms with van der Waals surface area (Å²) in [5.41, 5.74) is 0.761. The van der Waals surface area contributed by atoms with Crippen molar-refractivity contribution in [2.45, 2.75) is 39.7 Å². The van der Waals surface area contributed by atoms with Crippen LogP contribution in [-0.2, 0) is 14.9 Å². The van der Waals surface area contributed by atoms with Gasteiger partial charge in [-0.3, -0.25) is 4.55 Å². The Balaban J connectivity index is 0.000000763. The van der Waals surface area contributed by atoms with Gasteiger partial charge in [0.15, 0.2) is 0 Å². The SMILES string of the molecule is CC(C)(C)CC[C@H](Nc1cncnc1)C(=O)O.CS(=O)(=O)O. The van der Waals surface area contributed by atoms with E-state index in [1.807, 2.05) is 0 Å². The molecule has 9 heteroatoms. The zero-order valence-electron chi connectivity index (χ0n) is 13.1. The second-order valence-electron chi connectivity index (χ2n) is 5.99. The summed E-state index contributed by atoms with van der Waals surface area (Å²) in [6, 6.07) is -0.597. The first-order chi connectivity index (χ1) is 9.88. The molecule has 1 aromatic heterocycles. The third kappa shape index (κ3) is 13.3. The molecule has 0 fully saturated rings. The lowest BCUT2D eigenvalue weighted by molar-refractivity contribution is -0.138. The van der Waals surface area contributed by atoms with Crippen molar-refractivity contribution >= 4 is 21.8 Å². The van der Waals surface area contributed by atoms with Gasteiger partial charge < -0.3 is 10.4 Å². The molecule has 0 saturated heterocycles. The number of hydrogen-bond acceptors (Lipinski definition) is 6. The number of anilines is 1. The molecular weight excluding hydrogens is 310 g/mol. The minimum absolute atomic E-state index is 0.128. The van der Waals surface area contributed by atoms with Crippen LogP contribution in [0.5, 0.6) is 0 Å². The molecule has 0 aliphatic carbocycles. The molecule has 0 unspecified atom stereocenters. The maximum absolute atomic E-state index is 11.1. The molecular formula is C13H23N3O5S. The van der Waals surface area contributed by atoms with Crippen molar-refractivity contribution in [3.8, 4) is 0 Å². The maximum atomic E-state index is 11.1. The normalized spacial score (nSPS) is 12.8. The molecule has 22 heavy (non-hydrogen) atoms. The van der Waals surface area contributed by atoms with Crippen LogP contribution in [0.25, 0.3) is 0 Å². The van der Waals surface area contributed by atoms with Crippen LogP contribution in [0.2, 0.25) is 0 Å². The predicted octanol–water partition coefficient (Wildman–Crippen LogP) is 1.67. The number of nitrogens with one attached hydrogen (secondary N) is 1. The zero-order chi connectivity index (χ0) is 17.4. The van der Waals surface area contributed by atoms with Crippen molar-refractivity contribution < 1.29 is 22.9 Å². The van der Waals surface area contributed by atoms with Gasteiger partial charge in [0.25, 0.3) is 10.1 Å². The molecule has 1 heterocycles. The molecule has 0 bridgehead atoms. The van der Waals surface area contributed by atoms with Crippen LogP contribution in [0.3, 0.4) is 0 Å². The Morgan fingerprint density at radius 1 is 1.32 bits per heavy atom. The number of aromatic nitrogens is 2. The summed E-state index contributed by atoms with van der Waals surface area (Å²) in [6.07, 6.45) is 6.68. The lowest BCUT2D eigenvalue weighted by Crippen LogP contribution is -2.30. The Morgan fingerprint density at radius 2 is 1.77 bits per heavy atom. The Hall–Kier alpha value is -1.74. The van der Waals surface area contributed by atoms with Crippen molar-refractivity contribution in [1.29, 1.82) is 0 Å². The monoisotopic (exact) mass is 333 g/mol. The molecule has 3 N–H and O–H groups in total. The standard InChI is InChI=1S/C12H19N3O2.CH4O3S/c1-12(2,3)5-4-10(11(16)17)15-9-6-13-8-14-7-9;1-5(2,3)4/h6-8,10,15H,4-5H2,1-3H3,(H,16,17);1H3,(H,2,3,4)/t10-;/m0./s1. The fourth-order valence-electron chi connectivity index (χ4n) is 1.41. The van der Waals surface area contributed by atoms with Crippen LogP contribution in [0.15, 0.2) is 18.7 Å². The Bertz CT molecular complexity index is 547. The molecule has 0 aliphatic heterocycles. The molecule has 126 valence electrons. The van der Waals surface area contributed by atoms with Crippen LogP contribution in [0.4, 0.5) is 5.69 Å². The highest BCUT2D eigenvalue weighted by molar-refractivity contribution is 7.85. The summed E-state index contributed by atoms with van der Waals surface area (Å²) in [7, 11) is -3.67. The van der Waals surface area contributed by atoms with Gasteiger partial charge in [0.05, 0.1) is 24.3 Å². The van der Waals surface area contributed by atoms with E-state index >= 15 is 0 Å². The Kier molecular flexibility index (Phi) is 7.96. The van der Waals surface area contributed by atoms with E-state index in [2.05, 4.69) is 36.1 Å². The topological polar surface area (TPSA) is 129 Å². The summed E-state index contributed by atoms with van der Waals surface area (Å²) >= 11 is 0. The third-order valence-corrected chi connectivity index (χ3v) is 2.38. The number of carboxylic acids is 1. The van der Waals surface area contributed by atoms with Crippen LogP contribution in [0.1, 0.15) is 33.6 Å². The quantitative estimate of drug-likeness (QED) is 0.694. The van der Waals surface area contributed by atoms with E-state index < -0.39 is 22.1 Å². The first kappa shape index (κ1) is 20.3. The molecule has 0 aromatic carbocycles. The lowest BCUT2D eigenvalue weighted by Gasteiger charge is -2.22. The number of carbonyl (C=O) groups is 1. The van der Waals surface area contributed by atoms with Gasteiger partial charge in [0.1, 0.15) is 12.4 Å². The molecule has 0 spiro atoms. The smallest absolute Gasteiger partial charge is 0.326 e. The minimum Gasteiger partial charge on any atom is -0.480 e. The molecule has 0 saturated carbocycles. The van der Waals surface area contributed by atoms with E-state index in [0.717, 1.165) is 6.42 Å². The third-order valence-electron chi connectivity index (χ3n) is 2.38. The van der Waals surface area contributed by atoms with E-state index in [0.29, 0.717) is 18.4 Å². The largest absolute Gasteiger partial charge is 0.480 e. The van der Waals surface area contributed by atoms with Gasteiger partial charge in [0.2, 0.25) is 0 Å². The number of rotatable bonds is 5. The van der Waals surface area contributed by atoms with E-state index in [-0.39, 0.29) is 5.41 Å². The molecule has 0 amide bonds. The van der Waals surface area contributed by atoms with Crippen molar-refractivity contribution in [2.75, 3.05) is 11.6 Å². The highest BCUT2D eigenvalue weighted by atomic mass is 32.2. The summed E-state index contributed by atoms with van der Waals surface area (Å²) in [4.78, 5) is 18.8. The summed E-state index contributed by atoms with van der Waals surface area (Å²) < 4.78 is 25.9. The molecule has 1 aromatic rings. The fourth-order valence-corrected chi connectivity index (χ4v) is 1.41. The highest BCUT2D eigenvalue weighted by Crippen LogP contribution is 2.22. The van der Waals surface area contributed by atoms with Crippen molar-refractivity contribution in [3.63, 3.8) is 0 Å². The van der Waals surface area contributed by atoms with Crippen molar-refractivity contribution in [1.82, 2.24) is 9.97 Å². The molecule has 0 aliphatic rings. The van der Waals surface area contributed by atoms with E-state index in [1.54, 1.807) is 12.4 Å². The lowest BCUT2D eigenvalue weighted by atomic mass is 9.88. The van der Waals surface area contributed by atoms with Gasteiger partial charge in [-0.25, -0.2) is 14.8 Å². The summed E-state index contributed by atoms with van der Waals surface area (Å²) in [5, 5.41) is 12.1. The minimum atomic E-state index is -3.67. The van der Waals surface area contributed by atoms with Gasteiger partial charge in [-0.15, -0.1) is 0 Å². The van der Waals surface area contributed by atoms with Gasteiger partial charge in [0, 0.05) is 0 Å². The number of carboxylic acid groups (broad SMARTS) is 1. The Labute approximate surface area is 130 Å². The Morgan fingerprint density at radius 3 is 2.14 bits per heavy atom. The second kappa shape index (κ2) is 8.64. The maximum Gasteiger partial charge on any atom is 0.326 e. The number of hydrogen-bond donors (Lipinski definition) is 3. The van der Waals surface area contributed by atoms with Crippen LogP contribution in [0, 0.1) is 5.41 Å². The van der Waals surface area contributed by atoms with Crippen LogP contribution < -0.4 is 5.32 Å². The molecule has 1 atom stereocenters. The fraction of sp³-hybridized carbons (Fsp3) is 0.615. The van der Waals surface area contributed by atoms with Gasteiger partial charge >= 0.3 is 5.97 Å². The first-order valence-electron chi connectivity index (χ1n) is 6.55. The molecule has 1 rings (SSSR count). The van der Waals surface area contributed by atoms with Crippen molar-refractivity contribution in [3.05, 3.63) is 18.7 Å². The average molecular weight is 333 g/mol. The zero-order valence-corrected chi connectivity index (χ0v) is 14.0. The average Bonchev–Trinajstić information content (AvgIpc) is 2.32. The van der Waals surface area contributed by atoms with Crippen molar-refractivity contribution in [2.24, 2.45) is 5.41 Å². The summed E-state index contributed by atoms with van der Waals surface area (Å²) in [5.74, 6) is -0.849. The van der Waals surface area contributed by atoms with Gasteiger partial charge in [-0.1, -0.05) is 20.8 Å². The van der Waals surface area contributed by atoms with E-state index in [9.17, 15) is 13.2 Å². The van der Waals surface area contributed by atoms with E-state index in [4.69, 9.17) is 9.66 Å². The van der Waals surface area contributed by atoms with Gasteiger partial charge in [-0.05, 0) is 18.3 Å². The van der Waals surface area contributed by atoms with Crippen LogP contribution in [-0.4, -0.2) is 46.3 Å². The van der Waals surface area contributed by atoms with E-state index in [1.165, 1.54) is 6.33 Å². The van der Waals surface area contributed by atoms with Crippen LogP contribution >= 0.6 is 0 Å². The molecule has 8 nitrogen and oxygen atoms in total. The predicted molar refractivity (Wildman–Crippen MR) is 83.2 cm³/mol. The summed E-state index contributed by atoms with van der Waals surface area (Å²) in [6.45, 7) is 6.28. The molecule has 0 radical (unpaired) electrons. The number of aliphatic carboxylic acids is 1. The number of nitrogens with zero attached hydrogens (tertiary/aromatic N) is 2. The first-order valence-corrected chi connectivity index (χ1v) is 8.40.